The summed E-state index contributed by atoms with van der Waals surface area (Å²) in [6.45, 7) is 0.689. The van der Waals surface area contributed by atoms with Crippen LogP contribution in [0.4, 0.5) is 4.79 Å². The second kappa shape index (κ2) is 5.83. The fraction of sp³-hybridized carbons (Fsp3) is 0.867. The molecule has 2 amide bonds. The van der Waals surface area contributed by atoms with Gasteiger partial charge < -0.3 is 20.2 Å². The van der Waals surface area contributed by atoms with Gasteiger partial charge in [-0.3, -0.25) is 4.79 Å². The number of hydrogen-bond acceptors (Lipinski definition) is 3. The predicted octanol–water partition coefficient (Wildman–Crippen LogP) is 1.51. The second-order valence-electron chi connectivity index (χ2n) is 6.96. The molecule has 0 radical (unpaired) electrons. The van der Waals surface area contributed by atoms with Gasteiger partial charge >= 0.3 is 12.0 Å². The van der Waals surface area contributed by atoms with E-state index < -0.39 is 11.5 Å². The number of likely N-dealkylation sites (N-methyl/N-ethyl adjacent to an activating group) is 2. The molecule has 0 aromatic carbocycles. The fourth-order valence-electron chi connectivity index (χ4n) is 3.41. The summed E-state index contributed by atoms with van der Waals surface area (Å²) in [6, 6.07) is -0.149. The highest BCUT2D eigenvalue weighted by Crippen LogP contribution is 2.37. The van der Waals surface area contributed by atoms with Gasteiger partial charge in [0.05, 0.1) is 12.0 Å². The van der Waals surface area contributed by atoms with Crippen LogP contribution >= 0.6 is 0 Å². The van der Waals surface area contributed by atoms with Crippen LogP contribution in [0.15, 0.2) is 0 Å². The molecule has 0 aromatic heterocycles. The summed E-state index contributed by atoms with van der Waals surface area (Å²) in [5, 5.41) is 12.0. The van der Waals surface area contributed by atoms with E-state index in [1.807, 2.05) is 0 Å². The van der Waals surface area contributed by atoms with Crippen molar-refractivity contribution in [2.75, 3.05) is 27.7 Å². The number of carboxylic acids is 1. The normalized spacial score (nSPS) is 22.1. The highest BCUT2D eigenvalue weighted by atomic mass is 16.4. The lowest BCUT2D eigenvalue weighted by Crippen LogP contribution is -2.62. The number of amides is 2. The van der Waals surface area contributed by atoms with Crippen LogP contribution in [0.2, 0.25) is 0 Å². The molecule has 0 aromatic rings. The van der Waals surface area contributed by atoms with Crippen LogP contribution in [0.25, 0.3) is 0 Å². The molecule has 2 rings (SSSR count). The van der Waals surface area contributed by atoms with Crippen LogP contribution in [-0.2, 0) is 4.79 Å². The number of nitrogens with zero attached hydrogens (tertiary/aromatic N) is 2. The summed E-state index contributed by atoms with van der Waals surface area (Å²) in [4.78, 5) is 27.3. The van der Waals surface area contributed by atoms with Gasteiger partial charge in [0.15, 0.2) is 0 Å². The van der Waals surface area contributed by atoms with Crippen molar-refractivity contribution in [2.24, 2.45) is 0 Å². The van der Waals surface area contributed by atoms with Crippen molar-refractivity contribution in [1.29, 1.82) is 0 Å². The van der Waals surface area contributed by atoms with Crippen LogP contribution in [0, 0.1) is 0 Å². The Kier molecular flexibility index (Phi) is 4.46. The SMILES string of the molecule is CN(CC1(N(C)C)CCC1)C(=O)NC1(CC(=O)O)CCC1. The third-order valence-corrected chi connectivity index (χ3v) is 5.28. The first-order valence-corrected chi connectivity index (χ1v) is 7.71. The Balaban J connectivity index is 1.92. The molecule has 2 N–H and O–H groups in total. The monoisotopic (exact) mass is 297 g/mol. The van der Waals surface area contributed by atoms with Crippen molar-refractivity contribution in [3.63, 3.8) is 0 Å². The average Bonchev–Trinajstić information content (AvgIpc) is 2.29. The van der Waals surface area contributed by atoms with Gasteiger partial charge in [-0.25, -0.2) is 4.79 Å². The maximum atomic E-state index is 12.4. The smallest absolute Gasteiger partial charge is 0.317 e. The fourth-order valence-corrected chi connectivity index (χ4v) is 3.41. The maximum absolute atomic E-state index is 12.4. The Morgan fingerprint density at radius 1 is 1.10 bits per heavy atom. The number of carboxylic acid groups (broad SMARTS) is 1. The van der Waals surface area contributed by atoms with E-state index >= 15 is 0 Å². The first kappa shape index (κ1) is 16.1. The Labute approximate surface area is 126 Å². The number of nitrogens with one attached hydrogen (secondary N) is 1. The largest absolute Gasteiger partial charge is 0.481 e. The van der Waals surface area contributed by atoms with Crippen LogP contribution in [0.3, 0.4) is 0 Å². The number of aliphatic carboxylic acids is 1. The third-order valence-electron chi connectivity index (χ3n) is 5.28. The lowest BCUT2D eigenvalue weighted by molar-refractivity contribution is -0.139. The van der Waals surface area contributed by atoms with Gasteiger partial charge in [0.25, 0.3) is 0 Å². The minimum atomic E-state index is -0.846. The van der Waals surface area contributed by atoms with Gasteiger partial charge in [0.1, 0.15) is 0 Å². The summed E-state index contributed by atoms with van der Waals surface area (Å²) in [6.07, 6.45) is 5.95. The summed E-state index contributed by atoms with van der Waals surface area (Å²) in [5.41, 5.74) is -0.437. The zero-order valence-corrected chi connectivity index (χ0v) is 13.3. The van der Waals surface area contributed by atoms with Gasteiger partial charge in [-0.2, -0.15) is 0 Å². The van der Waals surface area contributed by atoms with E-state index in [2.05, 4.69) is 24.3 Å². The molecule has 0 saturated heterocycles. The van der Waals surface area contributed by atoms with E-state index in [1.54, 1.807) is 11.9 Å². The lowest BCUT2D eigenvalue weighted by atomic mass is 9.74. The van der Waals surface area contributed by atoms with Crippen LogP contribution < -0.4 is 5.32 Å². The van der Waals surface area contributed by atoms with Crippen LogP contribution in [-0.4, -0.2) is 65.7 Å². The van der Waals surface area contributed by atoms with E-state index in [4.69, 9.17) is 5.11 Å². The average molecular weight is 297 g/mol. The van der Waals surface area contributed by atoms with Gasteiger partial charge in [-0.1, -0.05) is 0 Å². The molecule has 6 nitrogen and oxygen atoms in total. The first-order chi connectivity index (χ1) is 9.79. The molecule has 0 bridgehead atoms. The van der Waals surface area contributed by atoms with Crippen molar-refractivity contribution >= 4 is 12.0 Å². The standard InChI is InChI=1S/C15H27N3O3/c1-17(2)15(8-5-9-15)11-18(3)13(21)16-14(6-4-7-14)10-12(19)20/h4-11H2,1-3H3,(H,16,21)(H,19,20). The maximum Gasteiger partial charge on any atom is 0.317 e. The Hall–Kier alpha value is -1.30. The molecule has 21 heavy (non-hydrogen) atoms. The van der Waals surface area contributed by atoms with Crippen molar-refractivity contribution in [1.82, 2.24) is 15.1 Å². The van der Waals surface area contributed by atoms with Crippen LogP contribution in [0.1, 0.15) is 44.9 Å². The van der Waals surface area contributed by atoms with E-state index in [9.17, 15) is 9.59 Å². The van der Waals surface area contributed by atoms with E-state index in [1.165, 1.54) is 6.42 Å². The van der Waals surface area contributed by atoms with Gasteiger partial charge in [-0.15, -0.1) is 0 Å². The minimum Gasteiger partial charge on any atom is -0.481 e. The third kappa shape index (κ3) is 3.31. The van der Waals surface area contributed by atoms with Gasteiger partial charge in [-0.05, 0) is 52.6 Å². The van der Waals surface area contributed by atoms with Gasteiger partial charge in [0, 0.05) is 19.1 Å². The Morgan fingerprint density at radius 3 is 2.00 bits per heavy atom. The molecule has 2 saturated carbocycles. The molecular weight excluding hydrogens is 270 g/mol. The molecule has 120 valence electrons. The Bertz CT molecular complexity index is 414. The number of rotatable bonds is 6. The summed E-state index contributed by atoms with van der Waals surface area (Å²) >= 11 is 0. The molecule has 0 atom stereocenters. The molecule has 0 unspecified atom stereocenters. The number of carbonyl (C=O) groups is 2. The molecular formula is C15H27N3O3. The second-order valence-corrected chi connectivity index (χ2v) is 6.96. The Morgan fingerprint density at radius 2 is 1.67 bits per heavy atom. The van der Waals surface area contributed by atoms with Crippen molar-refractivity contribution in [3.8, 4) is 0 Å². The number of urea groups is 1. The topological polar surface area (TPSA) is 72.9 Å². The van der Waals surface area contributed by atoms with Crippen molar-refractivity contribution in [3.05, 3.63) is 0 Å². The molecule has 2 fully saturated rings. The number of hydrogen-bond donors (Lipinski definition) is 2. The highest BCUT2D eigenvalue weighted by molar-refractivity contribution is 5.77. The molecule has 0 heterocycles. The van der Waals surface area contributed by atoms with Gasteiger partial charge in [0.2, 0.25) is 0 Å². The van der Waals surface area contributed by atoms with E-state index in [0.717, 1.165) is 32.1 Å². The van der Waals surface area contributed by atoms with Crippen molar-refractivity contribution in [2.45, 2.75) is 56.0 Å². The molecule has 0 spiro atoms. The number of carbonyl (C=O) groups excluding carboxylic acids is 1. The molecule has 2 aliphatic rings. The summed E-state index contributed by atoms with van der Waals surface area (Å²) < 4.78 is 0. The van der Waals surface area contributed by atoms with Crippen LogP contribution in [0.5, 0.6) is 0 Å². The summed E-state index contributed by atoms with van der Waals surface area (Å²) in [7, 11) is 5.91. The van der Waals surface area contributed by atoms with E-state index in [0.29, 0.717) is 6.54 Å². The lowest BCUT2D eigenvalue weighted by Gasteiger charge is -2.50. The van der Waals surface area contributed by atoms with Crippen molar-refractivity contribution < 1.29 is 14.7 Å². The first-order valence-electron chi connectivity index (χ1n) is 7.71. The molecule has 2 aliphatic carbocycles. The minimum absolute atomic E-state index is 0.0192. The zero-order valence-electron chi connectivity index (χ0n) is 13.3. The predicted molar refractivity (Wildman–Crippen MR) is 80.3 cm³/mol. The molecule has 0 aliphatic heterocycles. The quantitative estimate of drug-likeness (QED) is 0.779. The highest BCUT2D eigenvalue weighted by Gasteiger charge is 2.43. The molecule has 6 heteroatoms. The zero-order chi connectivity index (χ0) is 15.7. The summed E-state index contributed by atoms with van der Waals surface area (Å²) in [5.74, 6) is -0.846. The van der Waals surface area contributed by atoms with E-state index in [-0.39, 0.29) is 18.0 Å².